The number of carbonyl (C=O) groups is 1. The summed E-state index contributed by atoms with van der Waals surface area (Å²) in [5.74, 6) is 0.923. The van der Waals surface area contributed by atoms with E-state index in [2.05, 4.69) is 30.7 Å². The van der Waals surface area contributed by atoms with Crippen molar-refractivity contribution in [2.45, 2.75) is 52.2 Å². The van der Waals surface area contributed by atoms with Crippen molar-refractivity contribution >= 4 is 16.8 Å². The molecule has 1 aromatic heterocycles. The number of fused-ring (bicyclic) bond motifs is 1. The molecule has 2 aromatic rings. The van der Waals surface area contributed by atoms with E-state index >= 15 is 0 Å². The van der Waals surface area contributed by atoms with Crippen LogP contribution in [0.1, 0.15) is 50.5 Å². The van der Waals surface area contributed by atoms with Crippen LogP contribution >= 0.6 is 0 Å². The van der Waals surface area contributed by atoms with Crippen LogP contribution in [-0.2, 0) is 0 Å². The average Bonchev–Trinajstić information content (AvgIpc) is 3.05. The first-order chi connectivity index (χ1) is 12.5. The summed E-state index contributed by atoms with van der Waals surface area (Å²) in [4.78, 5) is 19.9. The lowest BCUT2D eigenvalue weighted by Gasteiger charge is -2.34. The molecular weight excluding hydrogens is 326 g/mol. The highest BCUT2D eigenvalue weighted by Crippen LogP contribution is 2.25. The number of hydrogen-bond acceptors (Lipinski definition) is 3. The maximum Gasteiger partial charge on any atom is 0.270 e. The van der Waals surface area contributed by atoms with Gasteiger partial charge in [-0.25, -0.2) is 0 Å². The molecule has 0 atom stereocenters. The molecule has 0 aliphatic carbocycles. The summed E-state index contributed by atoms with van der Waals surface area (Å²) in [7, 11) is 1.84. The summed E-state index contributed by atoms with van der Waals surface area (Å²) >= 11 is 0. The molecule has 26 heavy (non-hydrogen) atoms. The van der Waals surface area contributed by atoms with E-state index in [1.54, 1.807) is 4.90 Å². The molecule has 0 unspecified atom stereocenters. The second-order valence-electron chi connectivity index (χ2n) is 7.61. The van der Waals surface area contributed by atoms with Crippen LogP contribution in [0, 0.1) is 0 Å². The Morgan fingerprint density at radius 3 is 2.69 bits per heavy atom. The molecule has 5 nitrogen and oxygen atoms in total. The molecule has 0 spiro atoms. The molecule has 3 rings (SSSR count). The molecule has 1 fully saturated rings. The van der Waals surface area contributed by atoms with Gasteiger partial charge in [0.25, 0.3) is 5.91 Å². The van der Waals surface area contributed by atoms with Gasteiger partial charge in [-0.15, -0.1) is 0 Å². The SMILES string of the molecule is CCCN(C)C(=O)c1cc2cc(OC3CCN(C(C)C)CC3)ccc2[nH]1. The van der Waals surface area contributed by atoms with Crippen molar-refractivity contribution < 1.29 is 9.53 Å². The smallest absolute Gasteiger partial charge is 0.270 e. The van der Waals surface area contributed by atoms with Crippen molar-refractivity contribution in [3.05, 3.63) is 30.0 Å². The largest absolute Gasteiger partial charge is 0.490 e. The highest BCUT2D eigenvalue weighted by molar-refractivity contribution is 5.98. The third-order valence-corrected chi connectivity index (χ3v) is 5.24. The van der Waals surface area contributed by atoms with E-state index in [9.17, 15) is 4.79 Å². The minimum Gasteiger partial charge on any atom is -0.490 e. The topological polar surface area (TPSA) is 48.6 Å². The molecule has 0 bridgehead atoms. The molecular formula is C21H31N3O2. The van der Waals surface area contributed by atoms with E-state index in [1.807, 2.05) is 31.3 Å². The molecule has 1 aliphatic rings. The number of benzene rings is 1. The van der Waals surface area contributed by atoms with Crippen LogP contribution < -0.4 is 4.74 Å². The van der Waals surface area contributed by atoms with Crippen molar-refractivity contribution in [2.75, 3.05) is 26.7 Å². The Balaban J connectivity index is 1.67. The molecule has 1 saturated heterocycles. The fourth-order valence-corrected chi connectivity index (χ4v) is 3.64. The zero-order valence-electron chi connectivity index (χ0n) is 16.4. The van der Waals surface area contributed by atoms with Gasteiger partial charge in [-0.05, 0) is 57.4 Å². The number of likely N-dealkylation sites (tertiary alicyclic amines) is 1. The predicted octanol–water partition coefficient (Wildman–Crippen LogP) is 3.90. The minimum absolute atomic E-state index is 0.0339. The average molecular weight is 357 g/mol. The van der Waals surface area contributed by atoms with E-state index in [0.29, 0.717) is 11.7 Å². The highest BCUT2D eigenvalue weighted by Gasteiger charge is 2.22. The normalized spacial score (nSPS) is 16.3. The molecule has 142 valence electrons. The van der Waals surface area contributed by atoms with Gasteiger partial charge in [-0.3, -0.25) is 4.79 Å². The molecule has 1 amide bonds. The third-order valence-electron chi connectivity index (χ3n) is 5.24. The number of amides is 1. The quantitative estimate of drug-likeness (QED) is 0.853. The van der Waals surface area contributed by atoms with Gasteiger partial charge < -0.3 is 19.5 Å². The van der Waals surface area contributed by atoms with Crippen LogP contribution in [-0.4, -0.2) is 59.5 Å². The van der Waals surface area contributed by atoms with Crippen molar-refractivity contribution in [1.29, 1.82) is 0 Å². The van der Waals surface area contributed by atoms with Crippen LogP contribution in [0.5, 0.6) is 5.75 Å². The first-order valence-electron chi connectivity index (χ1n) is 9.77. The van der Waals surface area contributed by atoms with Gasteiger partial charge in [0.15, 0.2) is 0 Å². The zero-order valence-corrected chi connectivity index (χ0v) is 16.4. The maximum absolute atomic E-state index is 12.5. The van der Waals surface area contributed by atoms with Crippen molar-refractivity contribution in [1.82, 2.24) is 14.8 Å². The molecule has 1 aliphatic heterocycles. The van der Waals surface area contributed by atoms with Crippen molar-refractivity contribution in [2.24, 2.45) is 0 Å². The molecule has 5 heteroatoms. The number of piperidine rings is 1. The fourth-order valence-electron chi connectivity index (χ4n) is 3.64. The van der Waals surface area contributed by atoms with E-state index in [4.69, 9.17) is 4.74 Å². The van der Waals surface area contributed by atoms with Gasteiger partial charge in [0.2, 0.25) is 0 Å². The van der Waals surface area contributed by atoms with E-state index < -0.39 is 0 Å². The lowest BCUT2D eigenvalue weighted by Crippen LogP contribution is -2.41. The van der Waals surface area contributed by atoms with Gasteiger partial charge in [0.05, 0.1) is 0 Å². The molecule has 0 saturated carbocycles. The summed E-state index contributed by atoms with van der Waals surface area (Å²) in [5, 5.41) is 1.02. The van der Waals surface area contributed by atoms with E-state index in [1.165, 1.54) is 0 Å². The highest BCUT2D eigenvalue weighted by atomic mass is 16.5. The van der Waals surface area contributed by atoms with Gasteiger partial charge >= 0.3 is 0 Å². The number of nitrogens with one attached hydrogen (secondary N) is 1. The monoisotopic (exact) mass is 357 g/mol. The zero-order chi connectivity index (χ0) is 18.7. The Hall–Kier alpha value is -2.01. The summed E-state index contributed by atoms with van der Waals surface area (Å²) < 4.78 is 6.21. The third kappa shape index (κ3) is 4.21. The van der Waals surface area contributed by atoms with E-state index in [-0.39, 0.29) is 12.0 Å². The first-order valence-corrected chi connectivity index (χ1v) is 9.77. The van der Waals surface area contributed by atoms with Crippen LogP contribution in [0.25, 0.3) is 10.9 Å². The number of nitrogens with zero attached hydrogens (tertiary/aromatic N) is 2. The lowest BCUT2D eigenvalue weighted by molar-refractivity contribution is 0.0790. The molecule has 1 aromatic carbocycles. The Kier molecular flexibility index (Phi) is 5.87. The van der Waals surface area contributed by atoms with Crippen molar-refractivity contribution in [3.8, 4) is 5.75 Å². The maximum atomic E-state index is 12.5. The van der Waals surface area contributed by atoms with Crippen LogP contribution in [0.15, 0.2) is 24.3 Å². The Labute approximate surface area is 156 Å². The predicted molar refractivity (Wildman–Crippen MR) is 106 cm³/mol. The summed E-state index contributed by atoms with van der Waals surface area (Å²) in [6, 6.07) is 8.58. The van der Waals surface area contributed by atoms with E-state index in [0.717, 1.165) is 55.5 Å². The lowest BCUT2D eigenvalue weighted by atomic mass is 10.1. The van der Waals surface area contributed by atoms with Gasteiger partial charge in [-0.2, -0.15) is 0 Å². The molecule has 0 radical (unpaired) electrons. The van der Waals surface area contributed by atoms with Crippen molar-refractivity contribution in [3.63, 3.8) is 0 Å². The number of carbonyl (C=O) groups excluding carboxylic acids is 1. The van der Waals surface area contributed by atoms with Gasteiger partial charge in [0.1, 0.15) is 17.5 Å². The second-order valence-corrected chi connectivity index (χ2v) is 7.61. The van der Waals surface area contributed by atoms with Crippen LogP contribution in [0.2, 0.25) is 0 Å². The van der Waals surface area contributed by atoms with Crippen LogP contribution in [0.3, 0.4) is 0 Å². The first kappa shape index (κ1) is 18.8. The summed E-state index contributed by atoms with van der Waals surface area (Å²) in [5.41, 5.74) is 1.61. The Bertz CT molecular complexity index is 745. The number of hydrogen-bond donors (Lipinski definition) is 1. The number of rotatable bonds is 6. The number of aromatic amines is 1. The standard InChI is InChI=1S/C21H31N3O2/c1-5-10-23(4)21(25)20-14-16-13-18(6-7-19(16)22-20)26-17-8-11-24(12-9-17)15(2)3/h6-7,13-15,17,22H,5,8-12H2,1-4H3. The number of ether oxygens (including phenoxy) is 1. The van der Waals surface area contributed by atoms with Gasteiger partial charge in [-0.1, -0.05) is 6.92 Å². The van der Waals surface area contributed by atoms with Crippen LogP contribution in [0.4, 0.5) is 0 Å². The number of aromatic nitrogens is 1. The Morgan fingerprint density at radius 1 is 1.31 bits per heavy atom. The molecule has 2 heterocycles. The second kappa shape index (κ2) is 8.12. The van der Waals surface area contributed by atoms with Gasteiger partial charge in [0, 0.05) is 43.6 Å². The summed E-state index contributed by atoms with van der Waals surface area (Å²) in [6.45, 7) is 9.52. The number of H-pyrrole nitrogens is 1. The molecule has 1 N–H and O–H groups in total. The Morgan fingerprint density at radius 2 is 2.04 bits per heavy atom. The fraction of sp³-hybridized carbons (Fsp3) is 0.571. The minimum atomic E-state index is 0.0339. The summed E-state index contributed by atoms with van der Waals surface area (Å²) in [6.07, 6.45) is 3.36.